The zero-order chi connectivity index (χ0) is 11.1. The molecular weight excluding hydrogens is 186 g/mol. The zero-order valence-electron chi connectivity index (χ0n) is 8.94. The molecule has 0 bridgehead atoms. The minimum absolute atomic E-state index is 0.262. The fourth-order valence-corrected chi connectivity index (χ4v) is 1.50. The SMILES string of the molecule is C=CC(CCOC)c1cccc(C#N)c1. The summed E-state index contributed by atoms with van der Waals surface area (Å²) in [6.07, 6.45) is 2.80. The van der Waals surface area contributed by atoms with Gasteiger partial charge in [0.15, 0.2) is 0 Å². The van der Waals surface area contributed by atoms with Gasteiger partial charge in [0.25, 0.3) is 0 Å². The monoisotopic (exact) mass is 201 g/mol. The highest BCUT2D eigenvalue weighted by Gasteiger charge is 2.07. The number of nitrogens with zero attached hydrogens (tertiary/aromatic N) is 1. The normalized spacial score (nSPS) is 11.7. The molecule has 0 heterocycles. The van der Waals surface area contributed by atoms with Crippen LogP contribution >= 0.6 is 0 Å². The summed E-state index contributed by atoms with van der Waals surface area (Å²) in [6.45, 7) is 4.51. The van der Waals surface area contributed by atoms with E-state index < -0.39 is 0 Å². The average molecular weight is 201 g/mol. The van der Waals surface area contributed by atoms with Crippen molar-refractivity contribution in [3.8, 4) is 6.07 Å². The van der Waals surface area contributed by atoms with E-state index in [4.69, 9.17) is 10.00 Å². The number of hydrogen-bond donors (Lipinski definition) is 0. The van der Waals surface area contributed by atoms with Gasteiger partial charge in [-0.1, -0.05) is 18.2 Å². The van der Waals surface area contributed by atoms with E-state index in [0.29, 0.717) is 12.2 Å². The first-order chi connectivity index (χ1) is 7.31. The number of nitriles is 1. The van der Waals surface area contributed by atoms with Crippen LogP contribution in [0.25, 0.3) is 0 Å². The highest BCUT2D eigenvalue weighted by molar-refractivity contribution is 5.35. The van der Waals surface area contributed by atoms with Gasteiger partial charge >= 0.3 is 0 Å². The predicted octanol–water partition coefficient (Wildman–Crippen LogP) is 2.86. The van der Waals surface area contributed by atoms with Gasteiger partial charge in [0.2, 0.25) is 0 Å². The van der Waals surface area contributed by atoms with E-state index >= 15 is 0 Å². The molecule has 1 unspecified atom stereocenters. The minimum Gasteiger partial charge on any atom is -0.385 e. The Hall–Kier alpha value is -1.59. The topological polar surface area (TPSA) is 33.0 Å². The molecule has 1 atom stereocenters. The Morgan fingerprint density at radius 3 is 3.00 bits per heavy atom. The second-order valence-corrected chi connectivity index (χ2v) is 3.36. The van der Waals surface area contributed by atoms with Crippen LogP contribution in [-0.4, -0.2) is 13.7 Å². The average Bonchev–Trinajstić information content (AvgIpc) is 2.30. The lowest BCUT2D eigenvalue weighted by molar-refractivity contribution is 0.191. The van der Waals surface area contributed by atoms with E-state index in [0.717, 1.165) is 12.0 Å². The molecule has 2 nitrogen and oxygen atoms in total. The number of allylic oxidation sites excluding steroid dienone is 1. The third-order valence-electron chi connectivity index (χ3n) is 2.36. The van der Waals surface area contributed by atoms with Gasteiger partial charge in [-0.25, -0.2) is 0 Å². The molecule has 2 heteroatoms. The van der Waals surface area contributed by atoms with Gasteiger partial charge in [-0.05, 0) is 24.1 Å². The second-order valence-electron chi connectivity index (χ2n) is 3.36. The molecule has 0 radical (unpaired) electrons. The van der Waals surface area contributed by atoms with Gasteiger partial charge in [-0.3, -0.25) is 0 Å². The van der Waals surface area contributed by atoms with Gasteiger partial charge in [-0.2, -0.15) is 5.26 Å². The Bertz CT molecular complexity index is 365. The standard InChI is InChI=1S/C13H15NO/c1-3-12(7-8-15-2)13-6-4-5-11(9-13)10-14/h3-6,9,12H,1,7-8H2,2H3. The van der Waals surface area contributed by atoms with Crippen LogP contribution in [0.1, 0.15) is 23.5 Å². The summed E-state index contributed by atoms with van der Waals surface area (Å²) < 4.78 is 5.04. The van der Waals surface area contributed by atoms with Crippen molar-refractivity contribution in [3.05, 3.63) is 48.0 Å². The van der Waals surface area contributed by atoms with Crippen LogP contribution in [0.5, 0.6) is 0 Å². The molecule has 1 aromatic carbocycles. The number of benzene rings is 1. The maximum atomic E-state index is 8.79. The summed E-state index contributed by atoms with van der Waals surface area (Å²) in [5, 5.41) is 8.79. The Kier molecular flexibility index (Phi) is 4.59. The number of rotatable bonds is 5. The third kappa shape index (κ3) is 3.23. The van der Waals surface area contributed by atoms with Crippen molar-refractivity contribution in [2.24, 2.45) is 0 Å². The fourth-order valence-electron chi connectivity index (χ4n) is 1.50. The first-order valence-corrected chi connectivity index (χ1v) is 4.93. The summed E-state index contributed by atoms with van der Waals surface area (Å²) in [6, 6.07) is 9.76. The first-order valence-electron chi connectivity index (χ1n) is 4.93. The zero-order valence-corrected chi connectivity index (χ0v) is 8.94. The second kappa shape index (κ2) is 6.00. The Morgan fingerprint density at radius 1 is 1.60 bits per heavy atom. The maximum absolute atomic E-state index is 8.79. The van der Waals surface area contributed by atoms with Gasteiger partial charge < -0.3 is 4.74 Å². The van der Waals surface area contributed by atoms with Gasteiger partial charge in [-0.15, -0.1) is 6.58 Å². The smallest absolute Gasteiger partial charge is 0.0991 e. The Morgan fingerprint density at radius 2 is 2.40 bits per heavy atom. The molecule has 1 aromatic rings. The van der Waals surface area contributed by atoms with Crippen LogP contribution in [0.4, 0.5) is 0 Å². The summed E-state index contributed by atoms with van der Waals surface area (Å²) in [4.78, 5) is 0. The molecule has 0 fully saturated rings. The summed E-state index contributed by atoms with van der Waals surface area (Å²) in [7, 11) is 1.69. The van der Waals surface area contributed by atoms with Crippen LogP contribution in [0.2, 0.25) is 0 Å². The van der Waals surface area contributed by atoms with Gasteiger partial charge in [0, 0.05) is 19.6 Å². The van der Waals surface area contributed by atoms with Crippen molar-refractivity contribution in [2.45, 2.75) is 12.3 Å². The molecule has 0 N–H and O–H groups in total. The van der Waals surface area contributed by atoms with E-state index in [1.165, 1.54) is 0 Å². The lowest BCUT2D eigenvalue weighted by Gasteiger charge is -2.12. The molecule has 0 aliphatic heterocycles. The molecular formula is C13H15NO. The van der Waals surface area contributed by atoms with Crippen LogP contribution in [0, 0.1) is 11.3 Å². The summed E-state index contributed by atoms with van der Waals surface area (Å²) in [5.74, 6) is 0.262. The molecule has 1 rings (SSSR count). The quantitative estimate of drug-likeness (QED) is 0.686. The molecule has 0 saturated carbocycles. The molecule has 0 spiro atoms. The van der Waals surface area contributed by atoms with Crippen LogP contribution < -0.4 is 0 Å². The molecule has 0 amide bonds. The summed E-state index contributed by atoms with van der Waals surface area (Å²) in [5.41, 5.74) is 1.82. The lowest BCUT2D eigenvalue weighted by Crippen LogP contribution is -2.00. The third-order valence-corrected chi connectivity index (χ3v) is 2.36. The fraction of sp³-hybridized carbons (Fsp3) is 0.308. The van der Waals surface area contributed by atoms with Crippen LogP contribution in [-0.2, 0) is 4.74 Å². The van der Waals surface area contributed by atoms with Crippen molar-refractivity contribution in [3.63, 3.8) is 0 Å². The largest absolute Gasteiger partial charge is 0.385 e. The molecule has 78 valence electrons. The summed E-state index contributed by atoms with van der Waals surface area (Å²) >= 11 is 0. The van der Waals surface area contributed by atoms with Crippen molar-refractivity contribution in [1.29, 1.82) is 5.26 Å². The van der Waals surface area contributed by atoms with Crippen molar-refractivity contribution < 1.29 is 4.74 Å². The van der Waals surface area contributed by atoms with E-state index in [9.17, 15) is 0 Å². The highest BCUT2D eigenvalue weighted by atomic mass is 16.5. The van der Waals surface area contributed by atoms with Crippen molar-refractivity contribution in [1.82, 2.24) is 0 Å². The van der Waals surface area contributed by atoms with Gasteiger partial charge in [0.05, 0.1) is 11.6 Å². The van der Waals surface area contributed by atoms with E-state index in [-0.39, 0.29) is 5.92 Å². The first kappa shape index (κ1) is 11.5. The number of ether oxygens (including phenoxy) is 1. The van der Waals surface area contributed by atoms with E-state index in [1.54, 1.807) is 13.2 Å². The maximum Gasteiger partial charge on any atom is 0.0991 e. The minimum atomic E-state index is 0.262. The number of methoxy groups -OCH3 is 1. The molecule has 0 aromatic heterocycles. The van der Waals surface area contributed by atoms with E-state index in [1.807, 2.05) is 24.3 Å². The lowest BCUT2D eigenvalue weighted by atomic mass is 9.95. The van der Waals surface area contributed by atoms with Crippen molar-refractivity contribution >= 4 is 0 Å². The molecule has 0 aliphatic rings. The van der Waals surface area contributed by atoms with Gasteiger partial charge in [0.1, 0.15) is 0 Å². The Labute approximate surface area is 90.8 Å². The Balaban J connectivity index is 2.82. The number of hydrogen-bond acceptors (Lipinski definition) is 2. The highest BCUT2D eigenvalue weighted by Crippen LogP contribution is 2.21. The van der Waals surface area contributed by atoms with Crippen LogP contribution in [0.3, 0.4) is 0 Å². The molecule has 0 aliphatic carbocycles. The predicted molar refractivity (Wildman–Crippen MR) is 60.6 cm³/mol. The molecule has 0 saturated heterocycles. The van der Waals surface area contributed by atoms with E-state index in [2.05, 4.69) is 12.6 Å². The molecule has 15 heavy (non-hydrogen) atoms. The van der Waals surface area contributed by atoms with Crippen molar-refractivity contribution in [2.75, 3.05) is 13.7 Å². The van der Waals surface area contributed by atoms with Crippen LogP contribution in [0.15, 0.2) is 36.9 Å².